The third-order valence-electron chi connectivity index (χ3n) is 7.93. The highest BCUT2D eigenvalue weighted by Gasteiger charge is 2.10. The molecule has 1 atom stereocenters. The Bertz CT molecular complexity index is 571. The number of carbonyl (C=O) groups excluding carboxylic acids is 2. The molecule has 0 saturated carbocycles. The van der Waals surface area contributed by atoms with Crippen molar-refractivity contribution in [3.8, 4) is 0 Å². The lowest BCUT2D eigenvalue weighted by atomic mass is 10.0. The van der Waals surface area contributed by atoms with Crippen LogP contribution in [0.1, 0.15) is 200 Å². The van der Waals surface area contributed by atoms with Gasteiger partial charge in [0.2, 0.25) is 0 Å². The number of rotatable bonds is 31. The number of aliphatic hydroxyl groups excluding tert-OH is 1. The maximum absolute atomic E-state index is 11.9. The van der Waals surface area contributed by atoms with Crippen molar-refractivity contribution in [3.05, 3.63) is 12.2 Å². The first-order valence-corrected chi connectivity index (χ1v) is 17.7. The minimum atomic E-state index is -0.356. The number of carbonyl (C=O) groups is 2. The van der Waals surface area contributed by atoms with Crippen molar-refractivity contribution in [1.82, 2.24) is 0 Å². The fourth-order valence-electron chi connectivity index (χ4n) is 5.23. The molecule has 40 heavy (non-hydrogen) atoms. The van der Waals surface area contributed by atoms with E-state index in [1.807, 2.05) is 0 Å². The normalized spacial score (nSPS) is 12.3. The van der Waals surface area contributed by atoms with Crippen LogP contribution in [0.15, 0.2) is 12.2 Å². The quantitative estimate of drug-likeness (QED) is 0.0393. The molecule has 0 aromatic rings. The smallest absolute Gasteiger partial charge is 0.313 e. The molecule has 0 aromatic heterocycles. The number of hydrogen-bond acceptors (Lipinski definition) is 4. The van der Waals surface area contributed by atoms with E-state index < -0.39 is 0 Å². The standard InChI is InChI=1S/C36H68O4/c1-3-5-7-9-10-11-12-13-14-15-16-17-21-24-28-32-35(38)40-36(39)33-29-25-22-19-18-20-23-27-31-34(37)30-26-8-6-4-2/h13-14,34,37H,3-12,15-33H2,1-2H3/b14-13-. The van der Waals surface area contributed by atoms with Gasteiger partial charge in [-0.3, -0.25) is 9.59 Å². The second kappa shape index (κ2) is 32.4. The highest BCUT2D eigenvalue weighted by Crippen LogP contribution is 2.15. The highest BCUT2D eigenvalue weighted by molar-refractivity contribution is 5.85. The molecule has 1 unspecified atom stereocenters. The van der Waals surface area contributed by atoms with Gasteiger partial charge in [0, 0.05) is 12.8 Å². The molecule has 0 aliphatic heterocycles. The van der Waals surface area contributed by atoms with E-state index in [0.29, 0.717) is 12.8 Å². The average molecular weight is 565 g/mol. The molecule has 0 amide bonds. The summed E-state index contributed by atoms with van der Waals surface area (Å²) in [5.74, 6) is -0.709. The predicted molar refractivity (Wildman–Crippen MR) is 171 cm³/mol. The van der Waals surface area contributed by atoms with Crippen LogP contribution >= 0.6 is 0 Å². The topological polar surface area (TPSA) is 63.6 Å². The Morgan fingerprint density at radius 1 is 0.500 bits per heavy atom. The van der Waals surface area contributed by atoms with Gasteiger partial charge in [0.15, 0.2) is 0 Å². The summed E-state index contributed by atoms with van der Waals surface area (Å²) < 4.78 is 4.99. The predicted octanol–water partition coefficient (Wildman–Crippen LogP) is 11.3. The zero-order chi connectivity index (χ0) is 29.4. The van der Waals surface area contributed by atoms with E-state index in [0.717, 1.165) is 70.6 Å². The maximum Gasteiger partial charge on any atom is 0.313 e. The van der Waals surface area contributed by atoms with Gasteiger partial charge in [0.25, 0.3) is 0 Å². The Balaban J connectivity index is 3.38. The number of hydrogen-bond donors (Lipinski definition) is 1. The van der Waals surface area contributed by atoms with Gasteiger partial charge in [-0.25, -0.2) is 0 Å². The van der Waals surface area contributed by atoms with E-state index in [4.69, 9.17) is 4.74 Å². The third-order valence-corrected chi connectivity index (χ3v) is 7.93. The largest absolute Gasteiger partial charge is 0.393 e. The van der Waals surface area contributed by atoms with Gasteiger partial charge in [-0.05, 0) is 51.4 Å². The summed E-state index contributed by atoms with van der Waals surface area (Å²) in [5, 5.41) is 10.0. The molecular formula is C36H68O4. The minimum Gasteiger partial charge on any atom is -0.393 e. The van der Waals surface area contributed by atoms with Crippen LogP contribution in [0.3, 0.4) is 0 Å². The van der Waals surface area contributed by atoms with Gasteiger partial charge < -0.3 is 9.84 Å². The van der Waals surface area contributed by atoms with Crippen LogP contribution in [0.4, 0.5) is 0 Å². The summed E-state index contributed by atoms with van der Waals surface area (Å²) >= 11 is 0. The Labute approximate surface area is 249 Å². The molecule has 0 fully saturated rings. The zero-order valence-electron chi connectivity index (χ0n) is 26.9. The van der Waals surface area contributed by atoms with E-state index in [1.54, 1.807) is 0 Å². The van der Waals surface area contributed by atoms with Gasteiger partial charge in [0.1, 0.15) is 0 Å². The molecule has 0 rings (SSSR count). The third kappa shape index (κ3) is 31.4. The van der Waals surface area contributed by atoms with Crippen LogP contribution in [0.2, 0.25) is 0 Å². The van der Waals surface area contributed by atoms with E-state index in [9.17, 15) is 14.7 Å². The van der Waals surface area contributed by atoms with Gasteiger partial charge >= 0.3 is 11.9 Å². The SMILES string of the molecule is CCCCCCCC/C=C\CCCCCCCC(=O)OC(=O)CCCCCCCCCCC(O)CCCCCC. The number of aliphatic hydroxyl groups is 1. The van der Waals surface area contributed by atoms with Gasteiger partial charge in [-0.2, -0.15) is 0 Å². The Kier molecular flexibility index (Phi) is 31.4. The van der Waals surface area contributed by atoms with Crippen molar-refractivity contribution in [2.75, 3.05) is 0 Å². The molecule has 4 heteroatoms. The molecule has 4 nitrogen and oxygen atoms in total. The molecular weight excluding hydrogens is 496 g/mol. The van der Waals surface area contributed by atoms with Crippen LogP contribution in [0.5, 0.6) is 0 Å². The lowest BCUT2D eigenvalue weighted by Gasteiger charge is -2.10. The first kappa shape index (κ1) is 38.8. The van der Waals surface area contributed by atoms with Crippen molar-refractivity contribution < 1.29 is 19.4 Å². The summed E-state index contributed by atoms with van der Waals surface area (Å²) in [4.78, 5) is 23.8. The molecule has 1 N–H and O–H groups in total. The number of unbranched alkanes of at least 4 members (excludes halogenated alkanes) is 21. The fourth-order valence-corrected chi connectivity index (χ4v) is 5.23. The van der Waals surface area contributed by atoms with Crippen molar-refractivity contribution in [3.63, 3.8) is 0 Å². The monoisotopic (exact) mass is 565 g/mol. The second-order valence-electron chi connectivity index (χ2n) is 12.1. The summed E-state index contributed by atoms with van der Waals surface area (Å²) in [7, 11) is 0. The molecule has 0 saturated heterocycles. The van der Waals surface area contributed by atoms with Crippen molar-refractivity contribution >= 4 is 11.9 Å². The van der Waals surface area contributed by atoms with Crippen molar-refractivity contribution in [2.45, 2.75) is 206 Å². The molecule has 0 spiro atoms. The van der Waals surface area contributed by atoms with Crippen LogP contribution < -0.4 is 0 Å². The lowest BCUT2D eigenvalue weighted by Crippen LogP contribution is -2.11. The highest BCUT2D eigenvalue weighted by atomic mass is 16.6. The molecule has 0 aliphatic rings. The van der Waals surface area contributed by atoms with E-state index >= 15 is 0 Å². The van der Waals surface area contributed by atoms with Crippen LogP contribution in [-0.2, 0) is 14.3 Å². The molecule has 0 aliphatic carbocycles. The summed E-state index contributed by atoms with van der Waals surface area (Å²) in [6.07, 6.45) is 37.1. The van der Waals surface area contributed by atoms with Gasteiger partial charge in [-0.15, -0.1) is 0 Å². The van der Waals surface area contributed by atoms with Crippen LogP contribution in [0, 0.1) is 0 Å². The van der Waals surface area contributed by atoms with Crippen LogP contribution in [0.25, 0.3) is 0 Å². The Morgan fingerprint density at radius 3 is 1.25 bits per heavy atom. The van der Waals surface area contributed by atoms with Crippen molar-refractivity contribution in [2.24, 2.45) is 0 Å². The van der Waals surface area contributed by atoms with E-state index in [1.165, 1.54) is 103 Å². The average Bonchev–Trinajstić information content (AvgIpc) is 2.94. The van der Waals surface area contributed by atoms with E-state index in [-0.39, 0.29) is 18.0 Å². The number of esters is 2. The lowest BCUT2D eigenvalue weighted by molar-refractivity contribution is -0.159. The first-order valence-electron chi connectivity index (χ1n) is 17.7. The van der Waals surface area contributed by atoms with Crippen LogP contribution in [-0.4, -0.2) is 23.1 Å². The fraction of sp³-hybridized carbons (Fsp3) is 0.889. The molecule has 0 heterocycles. The van der Waals surface area contributed by atoms with Crippen molar-refractivity contribution in [1.29, 1.82) is 0 Å². The molecule has 0 bridgehead atoms. The van der Waals surface area contributed by atoms with Gasteiger partial charge in [-0.1, -0.05) is 148 Å². The Hall–Kier alpha value is -1.16. The first-order chi connectivity index (χ1) is 19.6. The second-order valence-corrected chi connectivity index (χ2v) is 12.1. The molecule has 236 valence electrons. The summed E-state index contributed by atoms with van der Waals surface area (Å²) in [5.41, 5.74) is 0. The molecule has 0 radical (unpaired) electrons. The summed E-state index contributed by atoms with van der Waals surface area (Å²) in [6, 6.07) is 0. The number of ether oxygens (including phenoxy) is 1. The zero-order valence-corrected chi connectivity index (χ0v) is 26.9. The Morgan fingerprint density at radius 2 is 0.825 bits per heavy atom. The van der Waals surface area contributed by atoms with Gasteiger partial charge in [0.05, 0.1) is 6.10 Å². The number of allylic oxidation sites excluding steroid dienone is 2. The molecule has 0 aromatic carbocycles. The maximum atomic E-state index is 11.9. The minimum absolute atomic E-state index is 0.106. The van der Waals surface area contributed by atoms with E-state index in [2.05, 4.69) is 26.0 Å². The summed E-state index contributed by atoms with van der Waals surface area (Å²) in [6.45, 7) is 4.48.